The lowest BCUT2D eigenvalue weighted by Gasteiger charge is -2.16. The molecule has 26 heavy (non-hydrogen) atoms. The summed E-state index contributed by atoms with van der Waals surface area (Å²) in [5.41, 5.74) is 3.89. The number of ketones is 1. The van der Waals surface area contributed by atoms with Crippen LogP contribution in [0.2, 0.25) is 0 Å². The van der Waals surface area contributed by atoms with E-state index in [-0.39, 0.29) is 17.7 Å². The second-order valence-corrected chi connectivity index (χ2v) is 6.50. The molecule has 4 rings (SSSR count). The van der Waals surface area contributed by atoms with E-state index in [0.717, 1.165) is 12.8 Å². The summed E-state index contributed by atoms with van der Waals surface area (Å²) in [6, 6.07) is 24.3. The predicted molar refractivity (Wildman–Crippen MR) is 101 cm³/mol. The Morgan fingerprint density at radius 3 is 2.23 bits per heavy atom. The fourth-order valence-electron chi connectivity index (χ4n) is 3.57. The molecule has 0 radical (unpaired) electrons. The van der Waals surface area contributed by atoms with E-state index in [2.05, 4.69) is 17.4 Å². The molecule has 3 aromatic carbocycles. The highest BCUT2D eigenvalue weighted by molar-refractivity contribution is 6.15. The van der Waals surface area contributed by atoms with Gasteiger partial charge >= 0.3 is 0 Å². The normalized spacial score (nSPS) is 15.3. The fourth-order valence-corrected chi connectivity index (χ4v) is 3.57. The average Bonchev–Trinajstić information content (AvgIpc) is 3.11. The Hall–Kier alpha value is -3.20. The third-order valence-corrected chi connectivity index (χ3v) is 4.89. The Morgan fingerprint density at radius 2 is 1.42 bits per heavy atom. The summed E-state index contributed by atoms with van der Waals surface area (Å²) >= 11 is 0. The predicted octanol–water partition coefficient (Wildman–Crippen LogP) is 4.33. The molecule has 128 valence electrons. The topological polar surface area (TPSA) is 46.2 Å². The summed E-state index contributed by atoms with van der Waals surface area (Å²) in [6.45, 7) is 0. The smallest absolute Gasteiger partial charge is 0.252 e. The summed E-state index contributed by atoms with van der Waals surface area (Å²) in [7, 11) is 0. The van der Waals surface area contributed by atoms with Crippen molar-refractivity contribution in [2.24, 2.45) is 0 Å². The average molecular weight is 341 g/mol. The van der Waals surface area contributed by atoms with Crippen molar-refractivity contribution in [3.8, 4) is 0 Å². The van der Waals surface area contributed by atoms with Gasteiger partial charge in [-0.2, -0.15) is 0 Å². The van der Waals surface area contributed by atoms with Gasteiger partial charge in [-0.3, -0.25) is 9.59 Å². The van der Waals surface area contributed by atoms with Crippen molar-refractivity contribution in [2.45, 2.75) is 18.9 Å². The second kappa shape index (κ2) is 6.96. The summed E-state index contributed by atoms with van der Waals surface area (Å²) in [5.74, 6) is -0.338. The molecule has 0 spiro atoms. The standard InChI is InChI=1S/C23H19NO2/c25-22(17-9-2-1-3-10-17)19-12-6-7-13-20(19)23(26)24-21-15-14-16-8-4-5-11-18(16)21/h1-13,21H,14-15H2,(H,24,26)/t21-/m1/s1. The van der Waals surface area contributed by atoms with Gasteiger partial charge < -0.3 is 5.32 Å². The first kappa shape index (κ1) is 16.3. The van der Waals surface area contributed by atoms with Gasteiger partial charge in [0.15, 0.2) is 5.78 Å². The van der Waals surface area contributed by atoms with Crippen molar-refractivity contribution in [3.05, 3.63) is 107 Å². The van der Waals surface area contributed by atoms with Crippen LogP contribution in [0, 0.1) is 0 Å². The molecule has 3 aromatic rings. The van der Waals surface area contributed by atoms with E-state index < -0.39 is 0 Å². The number of aryl methyl sites for hydroxylation is 1. The van der Waals surface area contributed by atoms with Crippen molar-refractivity contribution >= 4 is 11.7 Å². The molecule has 1 aliphatic carbocycles. The maximum Gasteiger partial charge on any atom is 0.252 e. The van der Waals surface area contributed by atoms with Gasteiger partial charge in [0.25, 0.3) is 5.91 Å². The van der Waals surface area contributed by atoms with Crippen LogP contribution in [0.3, 0.4) is 0 Å². The van der Waals surface area contributed by atoms with Crippen LogP contribution in [-0.4, -0.2) is 11.7 Å². The number of carbonyl (C=O) groups is 2. The first-order valence-corrected chi connectivity index (χ1v) is 8.81. The number of rotatable bonds is 4. The van der Waals surface area contributed by atoms with Crippen molar-refractivity contribution in [1.82, 2.24) is 5.32 Å². The van der Waals surface area contributed by atoms with Crippen LogP contribution in [0.1, 0.15) is 49.9 Å². The molecular weight excluding hydrogens is 322 g/mol. The van der Waals surface area contributed by atoms with Gasteiger partial charge in [0.1, 0.15) is 0 Å². The molecule has 1 atom stereocenters. The minimum atomic E-state index is -0.202. The molecule has 1 N–H and O–H groups in total. The lowest BCUT2D eigenvalue weighted by Crippen LogP contribution is -2.28. The van der Waals surface area contributed by atoms with Crippen molar-refractivity contribution < 1.29 is 9.59 Å². The zero-order valence-corrected chi connectivity index (χ0v) is 14.3. The van der Waals surface area contributed by atoms with Gasteiger partial charge in [0, 0.05) is 11.1 Å². The third kappa shape index (κ3) is 3.04. The lowest BCUT2D eigenvalue weighted by atomic mass is 9.97. The molecule has 0 unspecified atom stereocenters. The van der Waals surface area contributed by atoms with Gasteiger partial charge in [-0.05, 0) is 30.0 Å². The minimum Gasteiger partial charge on any atom is -0.345 e. The van der Waals surface area contributed by atoms with E-state index in [1.807, 2.05) is 30.3 Å². The number of carbonyl (C=O) groups excluding carboxylic acids is 2. The maximum atomic E-state index is 12.9. The molecule has 0 saturated heterocycles. The zero-order valence-electron chi connectivity index (χ0n) is 14.3. The molecule has 0 saturated carbocycles. The van der Waals surface area contributed by atoms with Crippen LogP contribution in [-0.2, 0) is 6.42 Å². The van der Waals surface area contributed by atoms with Crippen LogP contribution < -0.4 is 5.32 Å². The molecule has 3 nitrogen and oxygen atoms in total. The highest BCUT2D eigenvalue weighted by Gasteiger charge is 2.25. The SMILES string of the molecule is O=C(N[C@@H]1CCc2ccccc21)c1ccccc1C(=O)c1ccccc1. The Bertz CT molecular complexity index is 963. The van der Waals surface area contributed by atoms with Gasteiger partial charge in [-0.1, -0.05) is 72.8 Å². The van der Waals surface area contributed by atoms with E-state index >= 15 is 0 Å². The van der Waals surface area contributed by atoms with E-state index in [0.29, 0.717) is 16.7 Å². The van der Waals surface area contributed by atoms with Gasteiger partial charge in [0.2, 0.25) is 0 Å². The van der Waals surface area contributed by atoms with E-state index in [1.54, 1.807) is 36.4 Å². The first-order chi connectivity index (χ1) is 12.7. The highest BCUT2D eigenvalue weighted by atomic mass is 16.2. The molecule has 0 aliphatic heterocycles. The lowest BCUT2D eigenvalue weighted by molar-refractivity contribution is 0.0926. The number of nitrogens with one attached hydrogen (secondary N) is 1. The number of fused-ring (bicyclic) bond motifs is 1. The Kier molecular flexibility index (Phi) is 4.36. The monoisotopic (exact) mass is 341 g/mol. The largest absolute Gasteiger partial charge is 0.345 e. The Labute approximate surface area is 152 Å². The summed E-state index contributed by atoms with van der Waals surface area (Å²) in [6.07, 6.45) is 1.85. The molecule has 0 bridgehead atoms. The molecule has 0 heterocycles. The number of amides is 1. The Morgan fingerprint density at radius 1 is 0.769 bits per heavy atom. The second-order valence-electron chi connectivity index (χ2n) is 6.50. The molecule has 0 aromatic heterocycles. The highest BCUT2D eigenvalue weighted by Crippen LogP contribution is 2.31. The number of hydrogen-bond acceptors (Lipinski definition) is 2. The van der Waals surface area contributed by atoms with Gasteiger partial charge in [0.05, 0.1) is 11.6 Å². The zero-order chi connectivity index (χ0) is 17.9. The van der Waals surface area contributed by atoms with Crippen LogP contribution >= 0.6 is 0 Å². The molecule has 1 aliphatic rings. The van der Waals surface area contributed by atoms with Crippen LogP contribution in [0.4, 0.5) is 0 Å². The summed E-state index contributed by atoms with van der Waals surface area (Å²) in [5, 5.41) is 3.11. The molecule has 0 fully saturated rings. The first-order valence-electron chi connectivity index (χ1n) is 8.81. The maximum absolute atomic E-state index is 12.9. The van der Waals surface area contributed by atoms with Crippen LogP contribution in [0.25, 0.3) is 0 Å². The van der Waals surface area contributed by atoms with E-state index in [4.69, 9.17) is 0 Å². The number of benzene rings is 3. The van der Waals surface area contributed by atoms with E-state index in [1.165, 1.54) is 11.1 Å². The van der Waals surface area contributed by atoms with E-state index in [9.17, 15) is 9.59 Å². The summed E-state index contributed by atoms with van der Waals surface area (Å²) in [4.78, 5) is 25.7. The quantitative estimate of drug-likeness (QED) is 0.718. The summed E-state index contributed by atoms with van der Waals surface area (Å²) < 4.78 is 0. The van der Waals surface area contributed by atoms with Crippen molar-refractivity contribution in [2.75, 3.05) is 0 Å². The number of hydrogen-bond donors (Lipinski definition) is 1. The van der Waals surface area contributed by atoms with Crippen molar-refractivity contribution in [1.29, 1.82) is 0 Å². The van der Waals surface area contributed by atoms with Crippen molar-refractivity contribution in [3.63, 3.8) is 0 Å². The molecular formula is C23H19NO2. The molecule has 3 heteroatoms. The van der Waals surface area contributed by atoms with Crippen LogP contribution in [0.5, 0.6) is 0 Å². The fraction of sp³-hybridized carbons (Fsp3) is 0.130. The van der Waals surface area contributed by atoms with Gasteiger partial charge in [-0.15, -0.1) is 0 Å². The Balaban J connectivity index is 1.61. The third-order valence-electron chi connectivity index (χ3n) is 4.89. The molecule has 1 amide bonds. The van der Waals surface area contributed by atoms with Gasteiger partial charge in [-0.25, -0.2) is 0 Å². The minimum absolute atomic E-state index is 0.00131. The van der Waals surface area contributed by atoms with Crippen LogP contribution in [0.15, 0.2) is 78.9 Å².